The van der Waals surface area contributed by atoms with E-state index in [2.05, 4.69) is 5.32 Å². The van der Waals surface area contributed by atoms with Crippen LogP contribution in [0.3, 0.4) is 0 Å². The lowest BCUT2D eigenvalue weighted by Crippen LogP contribution is -2.19. The molecular formula is C10H11ClFNO2. The summed E-state index contributed by atoms with van der Waals surface area (Å²) >= 11 is 5.56. The molecule has 0 unspecified atom stereocenters. The average molecular weight is 232 g/mol. The molecule has 0 aliphatic heterocycles. The Morgan fingerprint density at radius 2 is 2.27 bits per heavy atom. The summed E-state index contributed by atoms with van der Waals surface area (Å²) in [6.45, 7) is 0.122. The first kappa shape index (κ1) is 11.9. The first-order chi connectivity index (χ1) is 7.11. The van der Waals surface area contributed by atoms with Gasteiger partial charge in [-0.15, -0.1) is 0 Å². The zero-order valence-electron chi connectivity index (χ0n) is 8.43. The van der Waals surface area contributed by atoms with Crippen molar-refractivity contribution >= 4 is 17.4 Å². The Kier molecular flexibility index (Phi) is 4.05. The molecule has 0 aliphatic rings. The van der Waals surface area contributed by atoms with Gasteiger partial charge in [0, 0.05) is 0 Å². The summed E-state index contributed by atoms with van der Waals surface area (Å²) in [6, 6.07) is 2.78. The maximum Gasteiger partial charge on any atom is 0.184 e. The van der Waals surface area contributed by atoms with Crippen LogP contribution in [-0.4, -0.2) is 26.5 Å². The van der Waals surface area contributed by atoms with Gasteiger partial charge >= 0.3 is 0 Å². The number of carbonyl (C=O) groups excluding carboxylic acids is 1. The van der Waals surface area contributed by atoms with Crippen LogP contribution in [0, 0.1) is 5.82 Å². The lowest BCUT2D eigenvalue weighted by molar-refractivity contribution is 0.0990. The van der Waals surface area contributed by atoms with Crippen molar-refractivity contribution in [3.8, 4) is 5.75 Å². The number of hydrogen-bond donors (Lipinski definition) is 1. The van der Waals surface area contributed by atoms with E-state index < -0.39 is 5.82 Å². The second-order valence-corrected chi connectivity index (χ2v) is 3.30. The minimum atomic E-state index is -0.707. The Balaban J connectivity index is 3.18. The van der Waals surface area contributed by atoms with Crippen molar-refractivity contribution in [1.29, 1.82) is 0 Å². The third kappa shape index (κ3) is 2.46. The van der Waals surface area contributed by atoms with Gasteiger partial charge < -0.3 is 10.1 Å². The predicted octanol–water partition coefficient (Wildman–Crippen LogP) is 1.89. The van der Waals surface area contributed by atoms with Gasteiger partial charge in [-0.25, -0.2) is 4.39 Å². The molecule has 15 heavy (non-hydrogen) atoms. The Morgan fingerprint density at radius 1 is 1.60 bits per heavy atom. The molecule has 0 amide bonds. The van der Waals surface area contributed by atoms with Crippen molar-refractivity contribution < 1.29 is 13.9 Å². The Hall–Kier alpha value is -1.13. The van der Waals surface area contributed by atoms with Gasteiger partial charge in [-0.2, -0.15) is 0 Å². The van der Waals surface area contributed by atoms with E-state index in [9.17, 15) is 9.18 Å². The van der Waals surface area contributed by atoms with Crippen molar-refractivity contribution in [3.63, 3.8) is 0 Å². The van der Waals surface area contributed by atoms with Crippen LogP contribution in [0.5, 0.6) is 5.75 Å². The van der Waals surface area contributed by atoms with Gasteiger partial charge in [0.25, 0.3) is 0 Å². The van der Waals surface area contributed by atoms with E-state index in [-0.39, 0.29) is 28.7 Å². The molecular weight excluding hydrogens is 221 g/mol. The van der Waals surface area contributed by atoms with E-state index in [1.807, 2.05) is 0 Å². The number of nitrogens with one attached hydrogen (secondary N) is 1. The second kappa shape index (κ2) is 5.09. The molecule has 5 heteroatoms. The quantitative estimate of drug-likeness (QED) is 0.805. The highest BCUT2D eigenvalue weighted by atomic mass is 35.5. The maximum atomic E-state index is 13.4. The summed E-state index contributed by atoms with van der Waals surface area (Å²) in [5, 5.41) is 2.63. The standard InChI is InChI=1S/C10H11ClFNO2/c1-13-5-8(14)6-3-4-7(11)9(12)10(6)15-2/h3-4,13H,5H2,1-2H3. The van der Waals surface area contributed by atoms with Gasteiger partial charge in [0.05, 0.1) is 24.2 Å². The first-order valence-electron chi connectivity index (χ1n) is 4.31. The molecule has 1 N–H and O–H groups in total. The fourth-order valence-electron chi connectivity index (χ4n) is 1.21. The van der Waals surface area contributed by atoms with Crippen LogP contribution in [0.4, 0.5) is 4.39 Å². The second-order valence-electron chi connectivity index (χ2n) is 2.90. The number of halogens is 2. The molecule has 0 aromatic heterocycles. The summed E-state index contributed by atoms with van der Waals surface area (Å²) in [6.07, 6.45) is 0. The van der Waals surface area contributed by atoms with Gasteiger partial charge in [-0.3, -0.25) is 4.79 Å². The highest BCUT2D eigenvalue weighted by molar-refractivity contribution is 6.31. The Morgan fingerprint density at radius 3 is 2.80 bits per heavy atom. The molecule has 1 aromatic carbocycles. The molecule has 0 saturated carbocycles. The van der Waals surface area contributed by atoms with Crippen LogP contribution in [0.1, 0.15) is 10.4 Å². The normalized spacial score (nSPS) is 10.1. The van der Waals surface area contributed by atoms with E-state index in [1.54, 1.807) is 7.05 Å². The number of ketones is 1. The Bertz CT molecular complexity index is 382. The number of Topliss-reactive ketones (excluding diaryl/α,β-unsaturated/α-hetero) is 1. The van der Waals surface area contributed by atoms with Crippen LogP contribution in [0.15, 0.2) is 12.1 Å². The lowest BCUT2D eigenvalue weighted by Gasteiger charge is -2.09. The van der Waals surface area contributed by atoms with Crippen molar-refractivity contribution in [2.24, 2.45) is 0 Å². The minimum Gasteiger partial charge on any atom is -0.493 e. The molecule has 0 heterocycles. The number of rotatable bonds is 4. The third-order valence-corrected chi connectivity index (χ3v) is 2.18. The monoisotopic (exact) mass is 231 g/mol. The number of benzene rings is 1. The van der Waals surface area contributed by atoms with Gasteiger partial charge in [-0.1, -0.05) is 11.6 Å². The molecule has 0 aliphatic carbocycles. The van der Waals surface area contributed by atoms with Crippen LogP contribution in [0.2, 0.25) is 5.02 Å². The van der Waals surface area contributed by atoms with Gasteiger partial charge in [-0.05, 0) is 19.2 Å². The first-order valence-corrected chi connectivity index (χ1v) is 4.69. The lowest BCUT2D eigenvalue weighted by atomic mass is 10.1. The zero-order chi connectivity index (χ0) is 11.4. The molecule has 0 fully saturated rings. The molecule has 0 spiro atoms. The summed E-state index contributed by atoms with van der Waals surface area (Å²) in [7, 11) is 2.93. The molecule has 0 radical (unpaired) electrons. The molecule has 1 rings (SSSR count). The third-order valence-electron chi connectivity index (χ3n) is 1.89. The molecule has 0 saturated heterocycles. The number of likely N-dealkylation sites (N-methyl/N-ethyl adjacent to an activating group) is 1. The average Bonchev–Trinajstić information content (AvgIpc) is 2.22. The molecule has 82 valence electrons. The summed E-state index contributed by atoms with van der Waals surface area (Å²) in [5.74, 6) is -1.06. The predicted molar refractivity (Wildman–Crippen MR) is 56.2 cm³/mol. The van der Waals surface area contributed by atoms with Gasteiger partial charge in [0.2, 0.25) is 0 Å². The Labute approximate surface area is 92.2 Å². The molecule has 3 nitrogen and oxygen atoms in total. The highest BCUT2D eigenvalue weighted by Gasteiger charge is 2.17. The minimum absolute atomic E-state index is 0.0622. The fourth-order valence-corrected chi connectivity index (χ4v) is 1.36. The van der Waals surface area contributed by atoms with Crippen molar-refractivity contribution in [2.45, 2.75) is 0 Å². The number of ether oxygens (including phenoxy) is 1. The van der Waals surface area contributed by atoms with E-state index in [4.69, 9.17) is 16.3 Å². The SMILES string of the molecule is CNCC(=O)c1ccc(Cl)c(F)c1OC. The van der Waals surface area contributed by atoms with E-state index in [0.717, 1.165) is 0 Å². The van der Waals surface area contributed by atoms with E-state index in [0.29, 0.717) is 0 Å². The molecule has 0 bridgehead atoms. The van der Waals surface area contributed by atoms with Crippen molar-refractivity contribution in [2.75, 3.05) is 20.7 Å². The maximum absolute atomic E-state index is 13.4. The largest absolute Gasteiger partial charge is 0.493 e. The number of carbonyl (C=O) groups is 1. The molecule has 1 aromatic rings. The van der Waals surface area contributed by atoms with Crippen LogP contribution in [-0.2, 0) is 0 Å². The zero-order valence-corrected chi connectivity index (χ0v) is 9.19. The summed E-state index contributed by atoms with van der Waals surface area (Å²) in [4.78, 5) is 11.5. The van der Waals surface area contributed by atoms with Crippen molar-refractivity contribution in [1.82, 2.24) is 5.32 Å². The number of hydrogen-bond acceptors (Lipinski definition) is 3. The van der Waals surface area contributed by atoms with Gasteiger partial charge in [0.1, 0.15) is 0 Å². The summed E-state index contributed by atoms with van der Waals surface area (Å²) in [5.41, 5.74) is 0.189. The summed E-state index contributed by atoms with van der Waals surface area (Å²) < 4.78 is 18.2. The fraction of sp³-hybridized carbons (Fsp3) is 0.300. The van der Waals surface area contributed by atoms with Crippen LogP contribution in [0.25, 0.3) is 0 Å². The molecule has 0 atom stereocenters. The highest BCUT2D eigenvalue weighted by Crippen LogP contribution is 2.28. The smallest absolute Gasteiger partial charge is 0.184 e. The van der Waals surface area contributed by atoms with Crippen LogP contribution < -0.4 is 10.1 Å². The van der Waals surface area contributed by atoms with Crippen molar-refractivity contribution in [3.05, 3.63) is 28.5 Å². The van der Waals surface area contributed by atoms with Crippen LogP contribution >= 0.6 is 11.6 Å². The topological polar surface area (TPSA) is 38.3 Å². The van der Waals surface area contributed by atoms with Gasteiger partial charge in [0.15, 0.2) is 17.3 Å². The number of methoxy groups -OCH3 is 1. The van der Waals surface area contributed by atoms with E-state index in [1.165, 1.54) is 19.2 Å². The van der Waals surface area contributed by atoms with E-state index >= 15 is 0 Å².